The molecule has 0 aliphatic carbocycles. The summed E-state index contributed by atoms with van der Waals surface area (Å²) in [5.41, 5.74) is 0.376. The van der Waals surface area contributed by atoms with Gasteiger partial charge >= 0.3 is 0 Å². The Balaban J connectivity index is 0.000000136. The minimum atomic E-state index is 0.376. The fraction of sp³-hybridized carbons (Fsp3) is 1.00. The molecule has 4 aliphatic rings. The van der Waals surface area contributed by atoms with Gasteiger partial charge in [0.2, 0.25) is 0 Å². The van der Waals surface area contributed by atoms with Crippen molar-refractivity contribution in [2.75, 3.05) is 40.3 Å². The highest BCUT2D eigenvalue weighted by molar-refractivity contribution is 5.02. The molecule has 0 unspecified atom stereocenters. The highest BCUT2D eigenvalue weighted by atomic mass is 15.4. The van der Waals surface area contributed by atoms with E-state index < -0.39 is 0 Å². The lowest BCUT2D eigenvalue weighted by atomic mass is 10.0. The van der Waals surface area contributed by atoms with Crippen LogP contribution in [0.2, 0.25) is 0 Å². The normalized spacial score (nSPS) is 38.6. The van der Waals surface area contributed by atoms with E-state index in [0.29, 0.717) is 5.54 Å². The molecule has 134 valence electrons. The van der Waals surface area contributed by atoms with Crippen molar-refractivity contribution in [1.82, 2.24) is 19.6 Å². The lowest BCUT2D eigenvalue weighted by molar-refractivity contribution is 0.0677. The van der Waals surface area contributed by atoms with Crippen molar-refractivity contribution in [2.24, 2.45) is 0 Å². The molecule has 4 saturated heterocycles. The number of likely N-dealkylation sites (tertiary alicyclic amines) is 4. The molecule has 4 fully saturated rings. The third-order valence-electron chi connectivity index (χ3n) is 6.60. The zero-order valence-electron chi connectivity index (χ0n) is 16.4. The van der Waals surface area contributed by atoms with Gasteiger partial charge in [-0.2, -0.15) is 0 Å². The van der Waals surface area contributed by atoms with Crippen LogP contribution >= 0.6 is 0 Å². The van der Waals surface area contributed by atoms with Crippen LogP contribution in [0, 0.1) is 0 Å². The average molecular weight is 323 g/mol. The van der Waals surface area contributed by atoms with Crippen LogP contribution in [-0.2, 0) is 0 Å². The number of fused-ring (bicyclic) bond motifs is 4. The number of piperazine rings is 2. The summed E-state index contributed by atoms with van der Waals surface area (Å²) in [6, 6.07) is 4.15. The molecule has 0 N–H and O–H groups in total. The zero-order valence-corrected chi connectivity index (χ0v) is 16.4. The Morgan fingerprint density at radius 2 is 1.26 bits per heavy atom. The van der Waals surface area contributed by atoms with E-state index in [4.69, 9.17) is 0 Å². The first kappa shape index (κ1) is 17.7. The van der Waals surface area contributed by atoms with E-state index in [-0.39, 0.29) is 0 Å². The summed E-state index contributed by atoms with van der Waals surface area (Å²) >= 11 is 0. The minimum absolute atomic E-state index is 0.376. The van der Waals surface area contributed by atoms with Gasteiger partial charge in [0.1, 0.15) is 0 Å². The Morgan fingerprint density at radius 3 is 1.57 bits per heavy atom. The second kappa shape index (κ2) is 6.29. The van der Waals surface area contributed by atoms with Crippen LogP contribution in [0.3, 0.4) is 0 Å². The number of rotatable bonds is 1. The number of hydrogen-bond acceptors (Lipinski definition) is 4. The maximum Gasteiger partial charge on any atom is 0.0244 e. The molecular weight excluding hydrogens is 284 g/mol. The molecule has 0 spiro atoms. The molecule has 4 aliphatic heterocycles. The average Bonchev–Trinajstić information content (AvgIpc) is 3.15. The SMILES string of the molecule is CC(C)N1C[C@@H]2C[C@H]1CN2C.CN1C[C@@H]2C[C@H]1CN2C(C)(C)C. The predicted octanol–water partition coefficient (Wildman–Crippen LogP) is 1.96. The van der Waals surface area contributed by atoms with Crippen LogP contribution < -0.4 is 0 Å². The van der Waals surface area contributed by atoms with Gasteiger partial charge in [-0.25, -0.2) is 0 Å². The summed E-state index contributed by atoms with van der Waals surface area (Å²) in [5.74, 6) is 0. The van der Waals surface area contributed by atoms with Gasteiger partial charge in [-0.1, -0.05) is 0 Å². The van der Waals surface area contributed by atoms with Gasteiger partial charge in [0.25, 0.3) is 0 Å². The topological polar surface area (TPSA) is 13.0 Å². The molecule has 4 rings (SSSR count). The molecule has 0 aromatic rings. The fourth-order valence-electron chi connectivity index (χ4n) is 5.22. The Labute approximate surface area is 143 Å². The quantitative estimate of drug-likeness (QED) is 0.731. The highest BCUT2D eigenvalue weighted by Gasteiger charge is 2.45. The largest absolute Gasteiger partial charge is 0.301 e. The van der Waals surface area contributed by atoms with Gasteiger partial charge in [0.05, 0.1) is 0 Å². The van der Waals surface area contributed by atoms with Crippen molar-refractivity contribution in [1.29, 1.82) is 0 Å². The van der Waals surface area contributed by atoms with Crippen LogP contribution in [0.4, 0.5) is 0 Å². The number of hydrogen-bond donors (Lipinski definition) is 0. The molecule has 23 heavy (non-hydrogen) atoms. The molecule has 0 saturated carbocycles. The zero-order chi connectivity index (χ0) is 16.9. The second-order valence-corrected chi connectivity index (χ2v) is 9.58. The smallest absolute Gasteiger partial charge is 0.0244 e. The van der Waals surface area contributed by atoms with E-state index in [9.17, 15) is 0 Å². The third-order valence-corrected chi connectivity index (χ3v) is 6.60. The van der Waals surface area contributed by atoms with Crippen molar-refractivity contribution in [2.45, 2.75) is 83.2 Å². The van der Waals surface area contributed by atoms with Crippen molar-refractivity contribution in [3.63, 3.8) is 0 Å². The molecule has 4 bridgehead atoms. The molecule has 0 radical (unpaired) electrons. The number of likely N-dealkylation sites (N-methyl/N-ethyl adjacent to an activating group) is 2. The first-order valence-electron chi connectivity index (χ1n) is 9.59. The molecule has 0 amide bonds. The molecule has 4 heterocycles. The summed E-state index contributed by atoms with van der Waals surface area (Å²) in [6.07, 6.45) is 2.81. The van der Waals surface area contributed by atoms with Crippen LogP contribution in [0.5, 0.6) is 0 Å². The van der Waals surface area contributed by atoms with E-state index in [1.54, 1.807) is 0 Å². The van der Waals surface area contributed by atoms with Crippen LogP contribution in [0.25, 0.3) is 0 Å². The van der Waals surface area contributed by atoms with Gasteiger partial charge < -0.3 is 9.80 Å². The fourth-order valence-corrected chi connectivity index (χ4v) is 5.22. The molecule has 0 aromatic carbocycles. The molecule has 4 atom stereocenters. The van der Waals surface area contributed by atoms with E-state index in [2.05, 4.69) is 68.3 Å². The van der Waals surface area contributed by atoms with E-state index in [1.165, 1.54) is 39.0 Å². The summed E-state index contributed by atoms with van der Waals surface area (Å²) in [7, 11) is 4.51. The number of nitrogens with zero attached hydrogens (tertiary/aromatic N) is 4. The Bertz CT molecular complexity index is 412. The van der Waals surface area contributed by atoms with Crippen molar-refractivity contribution >= 4 is 0 Å². The second-order valence-electron chi connectivity index (χ2n) is 9.58. The highest BCUT2D eigenvalue weighted by Crippen LogP contribution is 2.34. The van der Waals surface area contributed by atoms with E-state index >= 15 is 0 Å². The first-order chi connectivity index (χ1) is 10.7. The minimum Gasteiger partial charge on any atom is -0.301 e. The summed E-state index contributed by atoms with van der Waals surface area (Å²) < 4.78 is 0. The molecular formula is C19H38N4. The van der Waals surface area contributed by atoms with Crippen LogP contribution in [0.1, 0.15) is 47.5 Å². The van der Waals surface area contributed by atoms with Crippen LogP contribution in [-0.4, -0.2) is 95.6 Å². The van der Waals surface area contributed by atoms with Crippen molar-refractivity contribution in [3.05, 3.63) is 0 Å². The summed E-state index contributed by atoms with van der Waals surface area (Å²) in [6.45, 7) is 16.8. The third kappa shape index (κ3) is 3.46. The van der Waals surface area contributed by atoms with Crippen molar-refractivity contribution < 1.29 is 0 Å². The first-order valence-corrected chi connectivity index (χ1v) is 9.59. The Hall–Kier alpha value is -0.160. The van der Waals surface area contributed by atoms with Gasteiger partial charge in [0.15, 0.2) is 0 Å². The van der Waals surface area contributed by atoms with Gasteiger partial charge in [-0.3, -0.25) is 9.80 Å². The summed E-state index contributed by atoms with van der Waals surface area (Å²) in [5, 5.41) is 0. The summed E-state index contributed by atoms with van der Waals surface area (Å²) in [4.78, 5) is 10.3. The predicted molar refractivity (Wildman–Crippen MR) is 97.9 cm³/mol. The van der Waals surface area contributed by atoms with Crippen molar-refractivity contribution in [3.8, 4) is 0 Å². The standard InChI is InChI=1S/C10H20N2.C9H18N2/c1-10(2,3)12-7-8-5-9(12)6-11(8)4;1-7(2)11-6-8-4-9(11)5-10(8)3/h8-9H,5-7H2,1-4H3;7-9H,4-6H2,1-3H3/t2*8-,9-/m00/s1. The monoisotopic (exact) mass is 322 g/mol. The Morgan fingerprint density at radius 1 is 0.739 bits per heavy atom. The lowest BCUT2D eigenvalue weighted by Gasteiger charge is -2.41. The van der Waals surface area contributed by atoms with Gasteiger partial charge in [0, 0.05) is 61.9 Å². The van der Waals surface area contributed by atoms with Gasteiger partial charge in [-0.15, -0.1) is 0 Å². The van der Waals surface area contributed by atoms with Gasteiger partial charge in [-0.05, 0) is 61.6 Å². The molecule has 4 nitrogen and oxygen atoms in total. The molecule has 4 heteroatoms. The lowest BCUT2D eigenvalue weighted by Crippen LogP contribution is -2.52. The molecule has 0 aromatic heterocycles. The Kier molecular flexibility index (Phi) is 4.83. The van der Waals surface area contributed by atoms with Crippen LogP contribution in [0.15, 0.2) is 0 Å². The van der Waals surface area contributed by atoms with E-state index in [1.807, 2.05) is 0 Å². The maximum atomic E-state index is 2.66. The maximum absolute atomic E-state index is 2.66. The van der Waals surface area contributed by atoms with E-state index in [0.717, 1.165) is 30.2 Å².